The van der Waals surface area contributed by atoms with Crippen molar-refractivity contribution in [3.05, 3.63) is 11.6 Å². The van der Waals surface area contributed by atoms with E-state index < -0.39 is 0 Å². The normalized spacial score (nSPS) is 11.9. The molecule has 0 atom stereocenters. The van der Waals surface area contributed by atoms with E-state index in [1.807, 2.05) is 19.9 Å². The number of nitrogens with zero attached hydrogens (tertiary/aromatic N) is 1. The van der Waals surface area contributed by atoms with Gasteiger partial charge in [0, 0.05) is 5.92 Å². The van der Waals surface area contributed by atoms with Crippen LogP contribution in [0.1, 0.15) is 27.7 Å². The number of nitriles is 1. The second-order valence-corrected chi connectivity index (χ2v) is 3.46. The third-order valence-corrected chi connectivity index (χ3v) is 1.41. The number of hydrogen-bond donors (Lipinski definition) is 0. The van der Waals surface area contributed by atoms with Crippen molar-refractivity contribution >= 4 is 5.78 Å². The van der Waals surface area contributed by atoms with Crippen LogP contribution in [0.2, 0.25) is 0 Å². The second-order valence-electron chi connectivity index (χ2n) is 3.46. The van der Waals surface area contributed by atoms with Crippen LogP contribution in [0, 0.1) is 23.2 Å². The molecule has 0 aromatic carbocycles. The van der Waals surface area contributed by atoms with Crippen molar-refractivity contribution in [1.82, 2.24) is 0 Å². The van der Waals surface area contributed by atoms with E-state index in [0.29, 0.717) is 5.57 Å². The first-order valence-corrected chi connectivity index (χ1v) is 4.15. The van der Waals surface area contributed by atoms with Gasteiger partial charge in [-0.2, -0.15) is 5.26 Å². The molecule has 0 radical (unpaired) electrons. The van der Waals surface area contributed by atoms with Gasteiger partial charge in [-0.05, 0) is 5.92 Å². The van der Waals surface area contributed by atoms with Crippen molar-refractivity contribution in [3.8, 4) is 6.07 Å². The first-order chi connectivity index (χ1) is 5.49. The number of allylic oxidation sites excluding steroid dienone is 2. The van der Waals surface area contributed by atoms with E-state index in [2.05, 4.69) is 0 Å². The van der Waals surface area contributed by atoms with Gasteiger partial charge in [0.2, 0.25) is 0 Å². The maximum absolute atomic E-state index is 11.3. The number of ketones is 1. The lowest BCUT2D eigenvalue weighted by Crippen LogP contribution is -2.09. The Morgan fingerprint density at radius 3 is 2.08 bits per heavy atom. The molecule has 2 heteroatoms. The zero-order valence-corrected chi connectivity index (χ0v) is 8.09. The molecular formula is C10H15NO. The number of Topliss-reactive ketones (excluding diaryl/α,β-unsaturated/α-hetero) is 1. The van der Waals surface area contributed by atoms with E-state index in [4.69, 9.17) is 5.26 Å². The molecule has 0 unspecified atom stereocenters. The summed E-state index contributed by atoms with van der Waals surface area (Å²) in [4.78, 5) is 11.3. The van der Waals surface area contributed by atoms with Gasteiger partial charge in [-0.3, -0.25) is 4.79 Å². The standard InChI is InChI=1S/C10H15NO/c1-7(2)5-9(6-11)10(12)8(3)4/h5,7-8H,1-4H3/b9-5+. The monoisotopic (exact) mass is 165 g/mol. The van der Waals surface area contributed by atoms with Gasteiger partial charge >= 0.3 is 0 Å². The summed E-state index contributed by atoms with van der Waals surface area (Å²) in [5.41, 5.74) is 0.292. The molecule has 0 aromatic heterocycles. The highest BCUT2D eigenvalue weighted by Crippen LogP contribution is 2.08. The smallest absolute Gasteiger partial charge is 0.175 e. The molecule has 0 aliphatic heterocycles. The maximum Gasteiger partial charge on any atom is 0.175 e. The molecule has 0 aromatic rings. The van der Waals surface area contributed by atoms with E-state index in [-0.39, 0.29) is 17.6 Å². The Balaban J connectivity index is 4.60. The molecule has 2 nitrogen and oxygen atoms in total. The minimum absolute atomic E-state index is 0.0637. The van der Waals surface area contributed by atoms with Crippen molar-refractivity contribution < 1.29 is 4.79 Å². The topological polar surface area (TPSA) is 40.9 Å². The highest BCUT2D eigenvalue weighted by Gasteiger charge is 2.12. The average molecular weight is 165 g/mol. The fourth-order valence-corrected chi connectivity index (χ4v) is 0.819. The van der Waals surface area contributed by atoms with E-state index in [1.54, 1.807) is 19.9 Å². The van der Waals surface area contributed by atoms with E-state index in [1.165, 1.54) is 0 Å². The van der Waals surface area contributed by atoms with Crippen LogP contribution in [0.15, 0.2) is 11.6 Å². The van der Waals surface area contributed by atoms with Gasteiger partial charge in [0.15, 0.2) is 5.78 Å². The summed E-state index contributed by atoms with van der Waals surface area (Å²) in [6.45, 7) is 7.50. The minimum atomic E-state index is -0.0883. The molecule has 0 saturated heterocycles. The summed E-state index contributed by atoms with van der Waals surface area (Å²) < 4.78 is 0. The van der Waals surface area contributed by atoms with Crippen LogP contribution in [0.5, 0.6) is 0 Å². The first kappa shape index (κ1) is 10.9. The van der Waals surface area contributed by atoms with Crippen LogP contribution >= 0.6 is 0 Å². The minimum Gasteiger partial charge on any atom is -0.293 e. The molecule has 0 aliphatic rings. The highest BCUT2D eigenvalue weighted by atomic mass is 16.1. The SMILES string of the molecule is CC(C)/C=C(\C#N)C(=O)C(C)C. The predicted molar refractivity (Wildman–Crippen MR) is 48.4 cm³/mol. The summed E-state index contributed by atoms with van der Waals surface area (Å²) in [5, 5.41) is 8.66. The van der Waals surface area contributed by atoms with Gasteiger partial charge in [0.25, 0.3) is 0 Å². The molecule has 0 N–H and O–H groups in total. The highest BCUT2D eigenvalue weighted by molar-refractivity contribution is 6.00. The van der Waals surface area contributed by atoms with Crippen LogP contribution in [0.3, 0.4) is 0 Å². The zero-order valence-electron chi connectivity index (χ0n) is 8.09. The molecule has 0 spiro atoms. The number of hydrogen-bond acceptors (Lipinski definition) is 2. The second kappa shape index (κ2) is 4.71. The molecule has 66 valence electrons. The van der Waals surface area contributed by atoms with Gasteiger partial charge in [-0.15, -0.1) is 0 Å². The van der Waals surface area contributed by atoms with Crippen molar-refractivity contribution in [2.24, 2.45) is 11.8 Å². The van der Waals surface area contributed by atoms with Crippen LogP contribution in [0.4, 0.5) is 0 Å². The molecule has 0 amide bonds. The van der Waals surface area contributed by atoms with E-state index in [9.17, 15) is 4.79 Å². The van der Waals surface area contributed by atoms with Crippen LogP contribution in [-0.4, -0.2) is 5.78 Å². The quantitative estimate of drug-likeness (QED) is 0.475. The number of rotatable bonds is 3. The maximum atomic E-state index is 11.3. The van der Waals surface area contributed by atoms with Gasteiger partial charge in [-0.25, -0.2) is 0 Å². The molecule has 0 heterocycles. The fraction of sp³-hybridized carbons (Fsp3) is 0.600. The first-order valence-electron chi connectivity index (χ1n) is 4.15. The van der Waals surface area contributed by atoms with E-state index >= 15 is 0 Å². The zero-order chi connectivity index (χ0) is 9.72. The molecule has 0 fully saturated rings. The largest absolute Gasteiger partial charge is 0.293 e. The van der Waals surface area contributed by atoms with Crippen molar-refractivity contribution in [3.63, 3.8) is 0 Å². The molecular weight excluding hydrogens is 150 g/mol. The van der Waals surface area contributed by atoms with Crippen molar-refractivity contribution in [2.45, 2.75) is 27.7 Å². The molecule has 0 aliphatic carbocycles. The molecule has 0 saturated carbocycles. The Kier molecular flexibility index (Phi) is 4.28. The van der Waals surface area contributed by atoms with Crippen molar-refractivity contribution in [1.29, 1.82) is 5.26 Å². The Morgan fingerprint density at radius 2 is 1.83 bits per heavy atom. The summed E-state index contributed by atoms with van der Waals surface area (Å²) >= 11 is 0. The summed E-state index contributed by atoms with van der Waals surface area (Å²) in [6.07, 6.45) is 1.71. The van der Waals surface area contributed by atoms with Gasteiger partial charge in [-0.1, -0.05) is 33.8 Å². The summed E-state index contributed by atoms with van der Waals surface area (Å²) in [5.74, 6) is 0.100. The Bertz CT molecular complexity index is 231. The van der Waals surface area contributed by atoms with Gasteiger partial charge in [0.1, 0.15) is 6.07 Å². The lowest BCUT2D eigenvalue weighted by Gasteiger charge is -2.02. The van der Waals surface area contributed by atoms with Crippen LogP contribution in [0.25, 0.3) is 0 Å². The third kappa shape index (κ3) is 3.34. The number of carbonyl (C=O) groups excluding carboxylic acids is 1. The molecule has 0 rings (SSSR count). The predicted octanol–water partition coefficient (Wildman–Crippen LogP) is 2.32. The molecule has 0 bridgehead atoms. The van der Waals surface area contributed by atoms with Crippen molar-refractivity contribution in [2.75, 3.05) is 0 Å². The number of carbonyl (C=O) groups is 1. The van der Waals surface area contributed by atoms with E-state index in [0.717, 1.165) is 0 Å². The Labute approximate surface area is 73.9 Å². The lowest BCUT2D eigenvalue weighted by molar-refractivity contribution is -0.117. The van der Waals surface area contributed by atoms with Gasteiger partial charge in [0.05, 0.1) is 5.57 Å². The van der Waals surface area contributed by atoms with Gasteiger partial charge < -0.3 is 0 Å². The molecule has 12 heavy (non-hydrogen) atoms. The Morgan fingerprint density at radius 1 is 1.33 bits per heavy atom. The summed E-state index contributed by atoms with van der Waals surface area (Å²) in [6, 6.07) is 1.93. The lowest BCUT2D eigenvalue weighted by atomic mass is 9.99. The van der Waals surface area contributed by atoms with Crippen LogP contribution in [-0.2, 0) is 4.79 Å². The average Bonchev–Trinajstić information content (AvgIpc) is 1.98. The Hall–Kier alpha value is -1.10. The third-order valence-electron chi connectivity index (χ3n) is 1.41. The van der Waals surface area contributed by atoms with Crippen LogP contribution < -0.4 is 0 Å². The fourth-order valence-electron chi connectivity index (χ4n) is 0.819. The summed E-state index contributed by atoms with van der Waals surface area (Å²) in [7, 11) is 0.